The summed E-state index contributed by atoms with van der Waals surface area (Å²) in [6.45, 7) is 3.30. The van der Waals surface area contributed by atoms with E-state index in [1.807, 2.05) is 17.5 Å². The van der Waals surface area contributed by atoms with Crippen molar-refractivity contribution in [1.82, 2.24) is 25.5 Å². The molecule has 1 fully saturated rings. The number of nitrogens with one attached hydrogen (secondary N) is 2. The molecule has 9 heteroatoms. The smallest absolute Gasteiger partial charge is 0.325 e. The van der Waals surface area contributed by atoms with E-state index < -0.39 is 17.5 Å². The summed E-state index contributed by atoms with van der Waals surface area (Å²) in [5.41, 5.74) is 0.847. The van der Waals surface area contributed by atoms with Crippen molar-refractivity contribution in [2.75, 3.05) is 13.1 Å². The molecule has 0 spiro atoms. The van der Waals surface area contributed by atoms with Gasteiger partial charge in [0.1, 0.15) is 17.1 Å². The molecule has 0 aliphatic carbocycles. The molecule has 0 bridgehead atoms. The topological polar surface area (TPSA) is 104 Å². The number of rotatable bonds is 6. The molecule has 0 aromatic carbocycles. The number of amides is 4. The highest BCUT2D eigenvalue weighted by molar-refractivity contribution is 7.13. The van der Waals surface area contributed by atoms with Crippen LogP contribution >= 0.6 is 11.3 Å². The molecule has 1 aliphatic rings. The number of thiazole rings is 1. The van der Waals surface area contributed by atoms with Gasteiger partial charge in [0.25, 0.3) is 5.91 Å². The Bertz CT molecular complexity index is 834. The predicted octanol–water partition coefficient (Wildman–Crippen LogP) is 1.19. The van der Waals surface area contributed by atoms with Crippen molar-refractivity contribution >= 4 is 29.2 Å². The molecular formula is C17H19N5O3S. The average molecular weight is 373 g/mol. The van der Waals surface area contributed by atoms with Gasteiger partial charge in [-0.2, -0.15) is 0 Å². The van der Waals surface area contributed by atoms with Gasteiger partial charge in [0.2, 0.25) is 5.91 Å². The van der Waals surface area contributed by atoms with Gasteiger partial charge in [0.15, 0.2) is 0 Å². The van der Waals surface area contributed by atoms with Gasteiger partial charge in [-0.15, -0.1) is 11.3 Å². The molecule has 1 aliphatic heterocycles. The molecule has 2 aromatic rings. The van der Waals surface area contributed by atoms with Crippen LogP contribution in [-0.2, 0) is 16.0 Å². The largest absolute Gasteiger partial charge is 0.354 e. The number of pyridine rings is 1. The van der Waals surface area contributed by atoms with Crippen LogP contribution in [0.1, 0.15) is 19.5 Å². The number of aromatic nitrogens is 2. The third kappa shape index (κ3) is 3.88. The van der Waals surface area contributed by atoms with Gasteiger partial charge in [0, 0.05) is 36.3 Å². The van der Waals surface area contributed by atoms with Crippen LogP contribution in [0.5, 0.6) is 0 Å². The first kappa shape index (κ1) is 18.0. The van der Waals surface area contributed by atoms with Crippen molar-refractivity contribution in [1.29, 1.82) is 0 Å². The second-order valence-electron chi connectivity index (χ2n) is 6.43. The average Bonchev–Trinajstić information content (AvgIpc) is 3.14. The van der Waals surface area contributed by atoms with Crippen LogP contribution in [-0.4, -0.2) is 51.3 Å². The van der Waals surface area contributed by atoms with E-state index in [2.05, 4.69) is 20.6 Å². The minimum absolute atomic E-state index is 0.286. The Balaban J connectivity index is 1.48. The van der Waals surface area contributed by atoms with E-state index >= 15 is 0 Å². The van der Waals surface area contributed by atoms with Crippen LogP contribution < -0.4 is 10.6 Å². The third-order valence-electron chi connectivity index (χ3n) is 3.91. The number of urea groups is 1. The van der Waals surface area contributed by atoms with Gasteiger partial charge in [-0.3, -0.25) is 19.5 Å². The fraction of sp³-hybridized carbons (Fsp3) is 0.353. The van der Waals surface area contributed by atoms with Crippen molar-refractivity contribution in [3.63, 3.8) is 0 Å². The van der Waals surface area contributed by atoms with Crippen LogP contribution in [0.25, 0.3) is 10.6 Å². The zero-order chi connectivity index (χ0) is 18.7. The summed E-state index contributed by atoms with van der Waals surface area (Å²) in [6, 6.07) is 3.25. The predicted molar refractivity (Wildman–Crippen MR) is 96.4 cm³/mol. The normalized spacial score (nSPS) is 15.8. The number of carbonyl (C=O) groups is 3. The zero-order valence-corrected chi connectivity index (χ0v) is 15.3. The van der Waals surface area contributed by atoms with E-state index in [0.717, 1.165) is 21.2 Å². The Morgan fingerprint density at radius 3 is 2.85 bits per heavy atom. The fourth-order valence-corrected chi connectivity index (χ4v) is 3.38. The molecule has 1 saturated heterocycles. The number of hydrogen-bond donors (Lipinski definition) is 2. The molecule has 26 heavy (non-hydrogen) atoms. The maximum Gasteiger partial charge on any atom is 0.325 e. The first-order chi connectivity index (χ1) is 12.4. The van der Waals surface area contributed by atoms with Crippen molar-refractivity contribution < 1.29 is 14.4 Å². The van der Waals surface area contributed by atoms with Crippen LogP contribution in [0.2, 0.25) is 0 Å². The molecule has 3 rings (SSSR count). The van der Waals surface area contributed by atoms with Gasteiger partial charge in [-0.05, 0) is 26.0 Å². The molecule has 0 radical (unpaired) electrons. The number of imide groups is 1. The lowest BCUT2D eigenvalue weighted by atomic mass is 10.1. The van der Waals surface area contributed by atoms with E-state index in [1.54, 1.807) is 26.2 Å². The summed E-state index contributed by atoms with van der Waals surface area (Å²) in [5.74, 6) is -0.785. The summed E-state index contributed by atoms with van der Waals surface area (Å²) in [7, 11) is 0. The van der Waals surface area contributed by atoms with Gasteiger partial charge in [-0.1, -0.05) is 0 Å². The standard InChI is InChI=1S/C17H19N5O3S/c1-17(2)15(24)22(16(25)21-17)9-13(23)19-7-5-12-10-26-14(20-12)11-4-3-6-18-8-11/h3-4,6,8,10H,5,7,9H2,1-2H3,(H,19,23)(H,21,25). The summed E-state index contributed by atoms with van der Waals surface area (Å²) >= 11 is 1.52. The maximum absolute atomic E-state index is 12.1. The Hall–Kier alpha value is -2.81. The van der Waals surface area contributed by atoms with Crippen molar-refractivity contribution in [2.45, 2.75) is 25.8 Å². The van der Waals surface area contributed by atoms with E-state index in [-0.39, 0.29) is 12.5 Å². The number of nitrogens with zero attached hydrogens (tertiary/aromatic N) is 3. The van der Waals surface area contributed by atoms with E-state index in [1.165, 1.54) is 11.3 Å². The molecule has 2 N–H and O–H groups in total. The maximum atomic E-state index is 12.1. The van der Waals surface area contributed by atoms with Crippen molar-refractivity contribution in [2.24, 2.45) is 0 Å². The molecule has 0 unspecified atom stereocenters. The highest BCUT2D eigenvalue weighted by atomic mass is 32.1. The highest BCUT2D eigenvalue weighted by Gasteiger charge is 2.44. The Morgan fingerprint density at radius 1 is 1.38 bits per heavy atom. The monoisotopic (exact) mass is 373 g/mol. The Labute approximate surface area is 154 Å². The summed E-state index contributed by atoms with van der Waals surface area (Å²) < 4.78 is 0. The lowest BCUT2D eigenvalue weighted by Crippen LogP contribution is -2.43. The molecule has 0 saturated carbocycles. The van der Waals surface area contributed by atoms with Gasteiger partial charge >= 0.3 is 6.03 Å². The molecule has 136 valence electrons. The quantitative estimate of drug-likeness (QED) is 0.740. The molecule has 2 aromatic heterocycles. The minimum atomic E-state index is -0.972. The zero-order valence-electron chi connectivity index (χ0n) is 14.5. The van der Waals surface area contributed by atoms with Crippen LogP contribution in [0.4, 0.5) is 4.79 Å². The van der Waals surface area contributed by atoms with Crippen molar-refractivity contribution in [3.8, 4) is 10.6 Å². The molecule has 4 amide bonds. The molecular weight excluding hydrogens is 354 g/mol. The van der Waals surface area contributed by atoms with Gasteiger partial charge in [-0.25, -0.2) is 9.78 Å². The lowest BCUT2D eigenvalue weighted by molar-refractivity contribution is -0.134. The van der Waals surface area contributed by atoms with Crippen LogP contribution in [0.3, 0.4) is 0 Å². The SMILES string of the molecule is CC1(C)NC(=O)N(CC(=O)NCCc2csc(-c3cccnc3)n2)C1=O. The minimum Gasteiger partial charge on any atom is -0.354 e. The first-order valence-electron chi connectivity index (χ1n) is 8.12. The summed E-state index contributed by atoms with van der Waals surface area (Å²) in [5, 5.41) is 8.07. The fourth-order valence-electron chi connectivity index (χ4n) is 2.53. The molecule has 3 heterocycles. The molecule has 8 nitrogen and oxygen atoms in total. The first-order valence-corrected chi connectivity index (χ1v) is 9.00. The van der Waals surface area contributed by atoms with E-state index in [0.29, 0.717) is 13.0 Å². The van der Waals surface area contributed by atoms with Gasteiger partial charge in [0.05, 0.1) is 5.69 Å². The number of carbonyl (C=O) groups excluding carboxylic acids is 3. The summed E-state index contributed by atoms with van der Waals surface area (Å²) in [4.78, 5) is 45.4. The third-order valence-corrected chi connectivity index (χ3v) is 4.85. The van der Waals surface area contributed by atoms with Crippen molar-refractivity contribution in [3.05, 3.63) is 35.6 Å². The van der Waals surface area contributed by atoms with E-state index in [9.17, 15) is 14.4 Å². The van der Waals surface area contributed by atoms with Gasteiger partial charge < -0.3 is 10.6 Å². The Kier molecular flexibility index (Phi) is 4.99. The summed E-state index contributed by atoms with van der Waals surface area (Å²) in [6.07, 6.45) is 4.03. The van der Waals surface area contributed by atoms with E-state index in [4.69, 9.17) is 0 Å². The highest BCUT2D eigenvalue weighted by Crippen LogP contribution is 2.22. The Morgan fingerprint density at radius 2 is 2.19 bits per heavy atom. The number of hydrogen-bond acceptors (Lipinski definition) is 6. The lowest BCUT2D eigenvalue weighted by Gasteiger charge is -2.15. The van der Waals surface area contributed by atoms with Crippen LogP contribution in [0.15, 0.2) is 29.9 Å². The van der Waals surface area contributed by atoms with Crippen LogP contribution in [0, 0.1) is 0 Å². The molecule has 0 atom stereocenters. The second kappa shape index (κ2) is 7.20. The second-order valence-corrected chi connectivity index (χ2v) is 7.29.